The van der Waals surface area contributed by atoms with Crippen LogP contribution in [0.25, 0.3) is 5.57 Å². The molecule has 1 aromatic rings. The van der Waals surface area contributed by atoms with E-state index in [-0.39, 0.29) is 5.92 Å². The van der Waals surface area contributed by atoms with Gasteiger partial charge in [-0.15, -0.1) is 11.3 Å². The normalized spacial score (nSPS) is 27.2. The van der Waals surface area contributed by atoms with E-state index < -0.39 is 0 Å². The predicted octanol–water partition coefficient (Wildman–Crippen LogP) is 5.62. The maximum absolute atomic E-state index is 13.6. The molecule has 148 valence electrons. The molecule has 0 radical (unpaired) electrons. The summed E-state index contributed by atoms with van der Waals surface area (Å²) in [5.74, 6) is 1.41. The molecule has 2 fully saturated rings. The van der Waals surface area contributed by atoms with E-state index in [0.29, 0.717) is 11.9 Å². The van der Waals surface area contributed by atoms with E-state index in [9.17, 15) is 4.79 Å². The van der Waals surface area contributed by atoms with Crippen LogP contribution in [0.15, 0.2) is 17.5 Å². The highest BCUT2D eigenvalue weighted by atomic mass is 32.1. The van der Waals surface area contributed by atoms with Gasteiger partial charge in [0, 0.05) is 22.2 Å². The predicted molar refractivity (Wildman–Crippen MR) is 115 cm³/mol. The second-order valence-corrected chi connectivity index (χ2v) is 9.70. The smallest absolute Gasteiger partial charge is 0.230 e. The van der Waals surface area contributed by atoms with Crippen LogP contribution in [0.3, 0.4) is 0 Å². The second-order valence-electron chi connectivity index (χ2n) is 8.79. The average molecular weight is 387 g/mol. The first-order chi connectivity index (χ1) is 13.2. The van der Waals surface area contributed by atoms with E-state index in [1.54, 1.807) is 0 Å². The molecule has 1 aliphatic heterocycles. The van der Waals surface area contributed by atoms with Crippen molar-refractivity contribution >= 4 is 28.5 Å². The van der Waals surface area contributed by atoms with Crippen LogP contribution in [0.4, 0.5) is 5.69 Å². The molecule has 27 heavy (non-hydrogen) atoms. The SMILES string of the molecule is CC1CCC(C(=O)N(c2csc(C3=CCCCC3)c2)C2CCNCC2)CC1. The number of hydrogen-bond donors (Lipinski definition) is 1. The number of rotatable bonds is 4. The van der Waals surface area contributed by atoms with Gasteiger partial charge in [0.05, 0.1) is 5.69 Å². The molecule has 2 aliphatic carbocycles. The third-order valence-electron chi connectivity index (χ3n) is 6.75. The number of piperidine rings is 1. The van der Waals surface area contributed by atoms with Gasteiger partial charge in [-0.05, 0) is 94.9 Å². The van der Waals surface area contributed by atoms with Crippen molar-refractivity contribution in [1.29, 1.82) is 0 Å². The van der Waals surface area contributed by atoms with Gasteiger partial charge in [-0.2, -0.15) is 0 Å². The first-order valence-electron chi connectivity index (χ1n) is 11.0. The Morgan fingerprint density at radius 3 is 2.59 bits per heavy atom. The zero-order chi connectivity index (χ0) is 18.6. The van der Waals surface area contributed by atoms with E-state index in [0.717, 1.165) is 50.4 Å². The molecular formula is C23H34N2OS. The Labute approximate surface area is 168 Å². The fraction of sp³-hybridized carbons (Fsp3) is 0.696. The summed E-state index contributed by atoms with van der Waals surface area (Å²) in [5, 5.41) is 5.70. The highest BCUT2D eigenvalue weighted by molar-refractivity contribution is 7.11. The number of allylic oxidation sites excluding steroid dienone is 2. The average Bonchev–Trinajstić information content (AvgIpc) is 3.20. The topological polar surface area (TPSA) is 32.3 Å². The van der Waals surface area contributed by atoms with Crippen molar-refractivity contribution in [3.63, 3.8) is 0 Å². The van der Waals surface area contributed by atoms with Crippen LogP contribution in [0, 0.1) is 11.8 Å². The lowest BCUT2D eigenvalue weighted by Gasteiger charge is -2.37. The van der Waals surface area contributed by atoms with Crippen molar-refractivity contribution < 1.29 is 4.79 Å². The van der Waals surface area contributed by atoms with Crippen LogP contribution in [-0.2, 0) is 4.79 Å². The van der Waals surface area contributed by atoms with Gasteiger partial charge in [-0.3, -0.25) is 4.79 Å². The number of anilines is 1. The van der Waals surface area contributed by atoms with Crippen LogP contribution < -0.4 is 10.2 Å². The molecule has 0 aromatic carbocycles. The molecule has 0 spiro atoms. The lowest BCUT2D eigenvalue weighted by Crippen LogP contribution is -2.48. The van der Waals surface area contributed by atoms with Gasteiger partial charge in [-0.1, -0.05) is 13.0 Å². The molecule has 4 rings (SSSR count). The number of nitrogens with one attached hydrogen (secondary N) is 1. The highest BCUT2D eigenvalue weighted by Crippen LogP contribution is 2.37. The molecule has 3 aliphatic rings. The van der Waals surface area contributed by atoms with Gasteiger partial charge in [-0.25, -0.2) is 0 Å². The monoisotopic (exact) mass is 386 g/mol. The Bertz CT molecular complexity index is 666. The molecule has 1 N–H and O–H groups in total. The molecule has 4 heteroatoms. The Morgan fingerprint density at radius 2 is 1.89 bits per heavy atom. The highest BCUT2D eigenvalue weighted by Gasteiger charge is 2.34. The van der Waals surface area contributed by atoms with Crippen molar-refractivity contribution in [1.82, 2.24) is 5.32 Å². The molecule has 3 nitrogen and oxygen atoms in total. The standard InChI is InChI=1S/C23H34N2OS/c1-17-7-9-19(10-8-17)23(26)25(20-11-13-24-14-12-20)21-15-22(27-16-21)18-5-3-2-4-6-18/h5,15-17,19-20,24H,2-4,6-14H2,1H3. The molecule has 0 atom stereocenters. The number of hydrogen-bond acceptors (Lipinski definition) is 3. The van der Waals surface area contributed by atoms with E-state index in [1.165, 1.54) is 49.0 Å². The number of carbonyl (C=O) groups excluding carboxylic acids is 1. The van der Waals surface area contributed by atoms with Crippen LogP contribution in [0.2, 0.25) is 0 Å². The number of thiophene rings is 1. The van der Waals surface area contributed by atoms with Crippen LogP contribution in [0.5, 0.6) is 0 Å². The minimum atomic E-state index is 0.230. The molecule has 1 saturated carbocycles. The van der Waals surface area contributed by atoms with Crippen molar-refractivity contribution in [3.8, 4) is 0 Å². The fourth-order valence-corrected chi connectivity index (χ4v) is 5.92. The minimum absolute atomic E-state index is 0.230. The zero-order valence-electron chi connectivity index (χ0n) is 16.7. The molecule has 2 heterocycles. The van der Waals surface area contributed by atoms with Crippen molar-refractivity contribution in [3.05, 3.63) is 22.4 Å². The fourth-order valence-electron chi connectivity index (χ4n) is 4.97. The Morgan fingerprint density at radius 1 is 1.11 bits per heavy atom. The summed E-state index contributed by atoms with van der Waals surface area (Å²) in [6.45, 7) is 4.38. The lowest BCUT2D eigenvalue weighted by atomic mass is 9.82. The Balaban J connectivity index is 1.57. The minimum Gasteiger partial charge on any atom is -0.317 e. The maximum atomic E-state index is 13.6. The maximum Gasteiger partial charge on any atom is 0.230 e. The van der Waals surface area contributed by atoms with E-state index in [1.807, 2.05) is 11.3 Å². The summed E-state index contributed by atoms with van der Waals surface area (Å²) in [4.78, 5) is 17.2. The first kappa shape index (κ1) is 19.2. The molecule has 1 saturated heterocycles. The summed E-state index contributed by atoms with van der Waals surface area (Å²) in [7, 11) is 0. The molecular weight excluding hydrogens is 352 g/mol. The summed E-state index contributed by atoms with van der Waals surface area (Å²) >= 11 is 1.84. The van der Waals surface area contributed by atoms with E-state index >= 15 is 0 Å². The van der Waals surface area contributed by atoms with Gasteiger partial charge in [0.1, 0.15) is 0 Å². The summed E-state index contributed by atoms with van der Waals surface area (Å²) < 4.78 is 0. The van der Waals surface area contributed by atoms with Crippen molar-refractivity contribution in [2.24, 2.45) is 11.8 Å². The lowest BCUT2D eigenvalue weighted by molar-refractivity contribution is -0.124. The first-order valence-corrected chi connectivity index (χ1v) is 11.9. The van der Waals surface area contributed by atoms with Gasteiger partial charge < -0.3 is 10.2 Å². The van der Waals surface area contributed by atoms with Crippen LogP contribution in [-0.4, -0.2) is 25.0 Å². The van der Waals surface area contributed by atoms with Crippen LogP contribution in [0.1, 0.15) is 76.0 Å². The molecule has 1 aromatic heterocycles. The number of carbonyl (C=O) groups is 1. The van der Waals surface area contributed by atoms with E-state index in [2.05, 4.69) is 34.7 Å². The van der Waals surface area contributed by atoms with Gasteiger partial charge in [0.2, 0.25) is 5.91 Å². The summed E-state index contributed by atoms with van der Waals surface area (Å²) in [5.41, 5.74) is 2.67. The third kappa shape index (κ3) is 4.48. The van der Waals surface area contributed by atoms with Crippen molar-refractivity contribution in [2.75, 3.05) is 18.0 Å². The Hall–Kier alpha value is -1.13. The van der Waals surface area contributed by atoms with Gasteiger partial charge in [0.25, 0.3) is 0 Å². The molecule has 0 unspecified atom stereocenters. The van der Waals surface area contributed by atoms with Gasteiger partial charge >= 0.3 is 0 Å². The summed E-state index contributed by atoms with van der Waals surface area (Å²) in [6, 6.07) is 2.67. The summed E-state index contributed by atoms with van der Waals surface area (Å²) in [6.07, 6.45) is 14.1. The van der Waals surface area contributed by atoms with Crippen molar-refractivity contribution in [2.45, 2.75) is 77.2 Å². The molecule has 1 amide bonds. The van der Waals surface area contributed by atoms with Gasteiger partial charge in [0.15, 0.2) is 0 Å². The zero-order valence-corrected chi connectivity index (χ0v) is 17.5. The van der Waals surface area contributed by atoms with E-state index in [4.69, 9.17) is 0 Å². The quantitative estimate of drug-likeness (QED) is 0.729. The number of nitrogens with zero attached hydrogens (tertiary/aromatic N) is 1. The Kier molecular flexibility index (Phi) is 6.34. The second kappa shape index (κ2) is 8.91. The third-order valence-corrected chi connectivity index (χ3v) is 7.74. The molecule has 0 bridgehead atoms. The number of amides is 1. The largest absolute Gasteiger partial charge is 0.317 e. The van der Waals surface area contributed by atoms with Crippen LogP contribution >= 0.6 is 11.3 Å².